The fourth-order valence-electron chi connectivity index (χ4n) is 9.36. The van der Waals surface area contributed by atoms with Gasteiger partial charge < -0.3 is 8.98 Å². The Morgan fingerprint density at radius 2 is 0.923 bits per heavy atom. The molecule has 4 aromatic heterocycles. The molecule has 0 atom stereocenters. The van der Waals surface area contributed by atoms with E-state index < -0.39 is 0 Å². The molecule has 0 radical (unpaired) electrons. The van der Waals surface area contributed by atoms with E-state index in [0.717, 1.165) is 88.5 Å². The van der Waals surface area contributed by atoms with Crippen LogP contribution >= 0.6 is 11.3 Å². The molecule has 65 heavy (non-hydrogen) atoms. The van der Waals surface area contributed by atoms with E-state index in [1.54, 1.807) is 11.3 Å². The number of hydrogen-bond acceptors (Lipinski definition) is 6. The number of hydrogen-bond donors (Lipinski definition) is 0. The quantitative estimate of drug-likeness (QED) is 0.160. The average Bonchev–Trinajstić information content (AvgIpc) is 4.09. The SMILES string of the molecule is c1ccc(-c2nc3c(-c4cccc(-c5cccc(-c6nc(-c7cccc8sc9ccccc9c78)nc(-c7cccc8c7c7ccccc7n8-c7ccccc7)n6)c5)c4)cccc3o2)cc1. The molecule has 0 aliphatic heterocycles. The van der Waals surface area contributed by atoms with E-state index >= 15 is 0 Å². The zero-order valence-electron chi connectivity index (χ0n) is 34.8. The van der Waals surface area contributed by atoms with E-state index in [0.29, 0.717) is 23.4 Å². The van der Waals surface area contributed by atoms with Crippen molar-refractivity contribution in [1.29, 1.82) is 0 Å². The molecular formula is C58H35N5OS. The smallest absolute Gasteiger partial charge is 0.227 e. The maximum absolute atomic E-state index is 6.25. The van der Waals surface area contributed by atoms with Crippen LogP contribution < -0.4 is 0 Å². The maximum atomic E-state index is 6.25. The zero-order valence-corrected chi connectivity index (χ0v) is 35.6. The van der Waals surface area contributed by atoms with Crippen molar-refractivity contribution >= 4 is 64.4 Å². The number of para-hydroxylation sites is 3. The van der Waals surface area contributed by atoms with Crippen molar-refractivity contribution in [2.24, 2.45) is 0 Å². The number of fused-ring (bicyclic) bond motifs is 7. The third kappa shape index (κ3) is 6.24. The Labute approximate surface area is 377 Å². The molecular weight excluding hydrogens is 815 g/mol. The first-order chi connectivity index (χ1) is 32.2. The predicted octanol–water partition coefficient (Wildman–Crippen LogP) is 15.5. The van der Waals surface area contributed by atoms with Gasteiger partial charge in [0, 0.05) is 64.4 Å². The molecule has 0 amide bonds. The Hall–Kier alpha value is -8.52. The summed E-state index contributed by atoms with van der Waals surface area (Å²) in [5.41, 5.74) is 12.8. The number of rotatable bonds is 7. The summed E-state index contributed by atoms with van der Waals surface area (Å²) in [5.74, 6) is 2.45. The van der Waals surface area contributed by atoms with Gasteiger partial charge in [-0.3, -0.25) is 0 Å². The third-order valence-corrected chi connectivity index (χ3v) is 13.4. The van der Waals surface area contributed by atoms with E-state index in [-0.39, 0.29) is 0 Å². The second-order valence-corrected chi connectivity index (χ2v) is 17.3. The third-order valence-electron chi connectivity index (χ3n) is 12.3. The van der Waals surface area contributed by atoms with E-state index in [9.17, 15) is 0 Å². The molecule has 304 valence electrons. The van der Waals surface area contributed by atoms with Gasteiger partial charge in [0.2, 0.25) is 5.89 Å². The summed E-state index contributed by atoms with van der Waals surface area (Å²) in [4.78, 5) is 21.1. The van der Waals surface area contributed by atoms with E-state index in [4.69, 9.17) is 24.4 Å². The monoisotopic (exact) mass is 849 g/mol. The van der Waals surface area contributed by atoms with Crippen molar-refractivity contribution in [3.63, 3.8) is 0 Å². The molecule has 7 heteroatoms. The summed E-state index contributed by atoms with van der Waals surface area (Å²) in [5, 5.41) is 4.58. The molecule has 0 saturated heterocycles. The van der Waals surface area contributed by atoms with E-state index in [2.05, 4.69) is 174 Å². The molecule has 13 rings (SSSR count). The maximum Gasteiger partial charge on any atom is 0.227 e. The molecule has 0 spiro atoms. The first-order valence-corrected chi connectivity index (χ1v) is 22.4. The van der Waals surface area contributed by atoms with Gasteiger partial charge >= 0.3 is 0 Å². The normalized spacial score (nSPS) is 11.7. The minimum Gasteiger partial charge on any atom is -0.436 e. The minimum atomic E-state index is 0.601. The van der Waals surface area contributed by atoms with Gasteiger partial charge in [0.15, 0.2) is 23.1 Å². The van der Waals surface area contributed by atoms with E-state index in [1.807, 2.05) is 42.5 Å². The number of thiophene rings is 1. The lowest BCUT2D eigenvalue weighted by atomic mass is 9.97. The molecule has 0 N–H and O–H groups in total. The largest absolute Gasteiger partial charge is 0.436 e. The van der Waals surface area contributed by atoms with Crippen molar-refractivity contribution in [1.82, 2.24) is 24.5 Å². The van der Waals surface area contributed by atoms with Gasteiger partial charge in [0.25, 0.3) is 0 Å². The summed E-state index contributed by atoms with van der Waals surface area (Å²) in [6.07, 6.45) is 0. The van der Waals surface area contributed by atoms with Crippen LogP contribution in [0.25, 0.3) is 127 Å². The zero-order chi connectivity index (χ0) is 42.8. The Morgan fingerprint density at radius 3 is 1.74 bits per heavy atom. The first kappa shape index (κ1) is 37.1. The van der Waals surface area contributed by atoms with Crippen LogP contribution in [-0.4, -0.2) is 24.5 Å². The van der Waals surface area contributed by atoms with Gasteiger partial charge in [-0.1, -0.05) is 146 Å². The molecule has 6 nitrogen and oxygen atoms in total. The van der Waals surface area contributed by atoms with Gasteiger partial charge in [-0.2, -0.15) is 0 Å². The average molecular weight is 850 g/mol. The van der Waals surface area contributed by atoms with Crippen LogP contribution in [0.1, 0.15) is 0 Å². The lowest BCUT2D eigenvalue weighted by Gasteiger charge is -2.12. The number of nitrogens with zero attached hydrogens (tertiary/aromatic N) is 5. The highest BCUT2D eigenvalue weighted by atomic mass is 32.1. The van der Waals surface area contributed by atoms with Crippen LogP contribution in [-0.2, 0) is 0 Å². The summed E-state index contributed by atoms with van der Waals surface area (Å²) < 4.78 is 11.0. The van der Waals surface area contributed by atoms with Crippen LogP contribution in [0.2, 0.25) is 0 Å². The van der Waals surface area contributed by atoms with Crippen LogP contribution in [0, 0.1) is 0 Å². The Bertz CT molecular complexity index is 3960. The van der Waals surface area contributed by atoms with Crippen LogP contribution in [0.5, 0.6) is 0 Å². The van der Waals surface area contributed by atoms with Crippen LogP contribution in [0.15, 0.2) is 217 Å². The lowest BCUT2D eigenvalue weighted by Crippen LogP contribution is -2.01. The van der Waals surface area contributed by atoms with Crippen LogP contribution in [0.4, 0.5) is 0 Å². The summed E-state index contributed by atoms with van der Waals surface area (Å²) in [6.45, 7) is 0. The molecule has 0 bridgehead atoms. The number of aromatic nitrogens is 5. The Kier molecular flexibility index (Phi) is 8.60. The fourth-order valence-corrected chi connectivity index (χ4v) is 10.5. The van der Waals surface area contributed by atoms with Gasteiger partial charge in [-0.05, 0) is 83.4 Å². The second kappa shape index (κ2) is 15.1. The van der Waals surface area contributed by atoms with Gasteiger partial charge in [0.1, 0.15) is 5.52 Å². The summed E-state index contributed by atoms with van der Waals surface area (Å²) in [6, 6.07) is 73.9. The topological polar surface area (TPSA) is 69.6 Å². The Morgan fingerprint density at radius 1 is 0.369 bits per heavy atom. The molecule has 9 aromatic carbocycles. The highest BCUT2D eigenvalue weighted by Crippen LogP contribution is 2.42. The summed E-state index contributed by atoms with van der Waals surface area (Å²) in [7, 11) is 0. The first-order valence-electron chi connectivity index (χ1n) is 21.6. The summed E-state index contributed by atoms with van der Waals surface area (Å²) >= 11 is 1.79. The standard InChI is InChI=1S/C58H35N5OS/c1-3-16-36(17-4-1)58-59-54-42(26-14-31-49(54)64-58)39-20-11-18-37(34-39)38-19-12-21-40(35-38)55-60-56(62-57(61-55)46-28-15-33-51-53(46)44-25-8-10-32-50(44)65-51)45-27-13-30-48-52(45)43-24-7-9-29-47(43)63(48)41-22-5-2-6-23-41/h1-35H. The highest BCUT2D eigenvalue weighted by Gasteiger charge is 2.22. The fraction of sp³-hybridized carbons (Fsp3) is 0. The molecule has 0 aliphatic carbocycles. The van der Waals surface area contributed by atoms with Crippen molar-refractivity contribution in [3.8, 4) is 73.6 Å². The lowest BCUT2D eigenvalue weighted by molar-refractivity contribution is 0.620. The molecule has 13 aromatic rings. The molecule has 0 saturated carbocycles. The number of benzene rings is 9. The van der Waals surface area contributed by atoms with Gasteiger partial charge in [0.05, 0.1) is 11.0 Å². The van der Waals surface area contributed by atoms with Crippen LogP contribution in [0.3, 0.4) is 0 Å². The van der Waals surface area contributed by atoms with E-state index in [1.165, 1.54) is 14.8 Å². The van der Waals surface area contributed by atoms with Crippen molar-refractivity contribution in [2.75, 3.05) is 0 Å². The molecule has 0 aliphatic rings. The molecule has 0 fully saturated rings. The van der Waals surface area contributed by atoms with Crippen molar-refractivity contribution < 1.29 is 4.42 Å². The minimum absolute atomic E-state index is 0.601. The van der Waals surface area contributed by atoms with Crippen molar-refractivity contribution in [2.45, 2.75) is 0 Å². The molecule has 4 heterocycles. The number of oxazole rings is 1. The van der Waals surface area contributed by atoms with Crippen molar-refractivity contribution in [3.05, 3.63) is 212 Å². The highest BCUT2D eigenvalue weighted by molar-refractivity contribution is 7.25. The molecule has 0 unspecified atom stereocenters. The predicted molar refractivity (Wildman–Crippen MR) is 267 cm³/mol. The van der Waals surface area contributed by atoms with Gasteiger partial charge in [-0.15, -0.1) is 11.3 Å². The second-order valence-electron chi connectivity index (χ2n) is 16.2. The van der Waals surface area contributed by atoms with Gasteiger partial charge in [-0.25, -0.2) is 19.9 Å². The Balaban J connectivity index is 0.990.